The van der Waals surface area contributed by atoms with Gasteiger partial charge in [-0.2, -0.15) is 0 Å². The van der Waals surface area contributed by atoms with Crippen LogP contribution < -0.4 is 9.84 Å². The number of carbonyl (C=O) groups is 3. The van der Waals surface area contributed by atoms with Gasteiger partial charge in [-0.1, -0.05) is 36.4 Å². The Morgan fingerprint density at radius 1 is 1.17 bits per heavy atom. The molecule has 8 nitrogen and oxygen atoms in total. The Hall–Kier alpha value is -3.81. The number of rotatable bonds is 6. The number of Topliss-reactive ketones (excluding diaryl/α,β-unsaturated/α-hetero) is 1. The Balaban J connectivity index is 2.18. The topological polar surface area (TPSA) is 127 Å². The van der Waals surface area contributed by atoms with Gasteiger partial charge in [0, 0.05) is 24.5 Å². The van der Waals surface area contributed by atoms with Crippen molar-refractivity contribution in [3.05, 3.63) is 65.2 Å². The lowest BCUT2D eigenvalue weighted by atomic mass is 9.95. The van der Waals surface area contributed by atoms with Crippen LogP contribution >= 0.6 is 0 Å². The fourth-order valence-corrected chi connectivity index (χ4v) is 3.28. The number of amides is 1. The van der Waals surface area contributed by atoms with Crippen LogP contribution in [-0.2, 0) is 14.4 Å². The molecular formula is C21H18NO7-. The highest BCUT2D eigenvalue weighted by Gasteiger charge is 2.46. The molecule has 1 fully saturated rings. The van der Waals surface area contributed by atoms with Crippen molar-refractivity contribution < 1.29 is 34.4 Å². The largest absolute Gasteiger partial charge is 0.550 e. The van der Waals surface area contributed by atoms with Crippen molar-refractivity contribution in [1.29, 1.82) is 0 Å². The second-order valence-corrected chi connectivity index (χ2v) is 6.41. The van der Waals surface area contributed by atoms with Crippen molar-refractivity contribution in [2.45, 2.75) is 12.5 Å². The van der Waals surface area contributed by atoms with E-state index < -0.39 is 30.1 Å². The molecule has 0 spiro atoms. The average molecular weight is 396 g/mol. The van der Waals surface area contributed by atoms with Gasteiger partial charge in [-0.3, -0.25) is 9.59 Å². The third-order valence-electron chi connectivity index (χ3n) is 4.66. The minimum atomic E-state index is -1.38. The molecule has 1 saturated heterocycles. The lowest BCUT2D eigenvalue weighted by Gasteiger charge is -2.26. The molecule has 0 unspecified atom stereocenters. The quantitative estimate of drug-likeness (QED) is 0.423. The molecule has 0 radical (unpaired) electrons. The number of likely N-dealkylation sites (tertiary alicyclic amines) is 1. The van der Waals surface area contributed by atoms with E-state index in [9.17, 15) is 29.7 Å². The number of carboxylic acid groups (broad SMARTS) is 1. The van der Waals surface area contributed by atoms with Gasteiger partial charge < -0.3 is 29.8 Å². The van der Waals surface area contributed by atoms with E-state index in [0.29, 0.717) is 11.1 Å². The Morgan fingerprint density at radius 3 is 2.48 bits per heavy atom. The number of nitrogens with zero attached hydrogens (tertiary/aromatic N) is 1. The summed E-state index contributed by atoms with van der Waals surface area (Å²) in [5.74, 6) is -3.66. The number of aromatic hydroxyl groups is 1. The molecule has 1 atom stereocenters. The molecule has 2 N–H and O–H groups in total. The van der Waals surface area contributed by atoms with Gasteiger partial charge in [0.2, 0.25) is 0 Å². The zero-order valence-corrected chi connectivity index (χ0v) is 15.5. The molecule has 29 heavy (non-hydrogen) atoms. The predicted molar refractivity (Wildman–Crippen MR) is 99.7 cm³/mol. The Bertz CT molecular complexity index is 997. The fourth-order valence-electron chi connectivity index (χ4n) is 3.28. The summed E-state index contributed by atoms with van der Waals surface area (Å²) < 4.78 is 5.09. The zero-order valence-electron chi connectivity index (χ0n) is 15.5. The molecule has 1 amide bonds. The van der Waals surface area contributed by atoms with E-state index in [4.69, 9.17) is 4.74 Å². The maximum Gasteiger partial charge on any atom is 0.295 e. The lowest BCUT2D eigenvalue weighted by molar-refractivity contribution is -0.305. The standard InChI is InChI=1S/C21H19NO7/c1-29-15-11-13(7-8-14(15)23)18-17(19(26)12-5-3-2-4-6-12)20(27)21(28)22(18)10-9-16(24)25/h2-8,11,18,23,26H,9-10H2,1H3,(H,24,25)/p-1/t18-/m1/s1. The van der Waals surface area contributed by atoms with Crippen LogP contribution in [0.15, 0.2) is 54.1 Å². The highest BCUT2D eigenvalue weighted by Crippen LogP contribution is 2.41. The molecule has 2 aromatic carbocycles. The number of phenols is 1. The van der Waals surface area contributed by atoms with Crippen molar-refractivity contribution in [1.82, 2.24) is 4.90 Å². The number of carboxylic acids is 1. The second-order valence-electron chi connectivity index (χ2n) is 6.41. The SMILES string of the molecule is COc1cc([C@@H]2C(=C(O)c3ccccc3)C(=O)C(=O)N2CCC(=O)[O-])ccc1O. The maximum absolute atomic E-state index is 12.7. The van der Waals surface area contributed by atoms with Crippen molar-refractivity contribution in [3.8, 4) is 11.5 Å². The van der Waals surface area contributed by atoms with E-state index in [1.165, 1.54) is 25.3 Å². The first-order chi connectivity index (χ1) is 13.8. The Kier molecular flexibility index (Phi) is 5.54. The number of aliphatic carboxylic acids is 1. The van der Waals surface area contributed by atoms with Gasteiger partial charge in [-0.05, 0) is 17.7 Å². The highest BCUT2D eigenvalue weighted by molar-refractivity contribution is 6.46. The van der Waals surface area contributed by atoms with E-state index in [2.05, 4.69) is 0 Å². The van der Waals surface area contributed by atoms with Crippen LogP contribution in [0.5, 0.6) is 11.5 Å². The van der Waals surface area contributed by atoms with Gasteiger partial charge in [0.15, 0.2) is 11.5 Å². The molecule has 1 heterocycles. The summed E-state index contributed by atoms with van der Waals surface area (Å²) in [6.45, 7) is -0.285. The first-order valence-electron chi connectivity index (χ1n) is 8.75. The van der Waals surface area contributed by atoms with Crippen molar-refractivity contribution in [3.63, 3.8) is 0 Å². The van der Waals surface area contributed by atoms with E-state index in [1.807, 2.05) is 0 Å². The van der Waals surface area contributed by atoms with Crippen LogP contribution in [-0.4, -0.2) is 46.4 Å². The zero-order chi connectivity index (χ0) is 21.1. The summed E-state index contributed by atoms with van der Waals surface area (Å²) in [7, 11) is 1.34. The number of hydrogen-bond acceptors (Lipinski definition) is 7. The van der Waals surface area contributed by atoms with Gasteiger partial charge in [0.25, 0.3) is 11.7 Å². The van der Waals surface area contributed by atoms with E-state index in [-0.39, 0.29) is 29.4 Å². The third kappa shape index (κ3) is 3.77. The van der Waals surface area contributed by atoms with E-state index in [1.54, 1.807) is 30.3 Å². The van der Waals surface area contributed by atoms with Crippen LogP contribution in [0.25, 0.3) is 5.76 Å². The molecule has 0 bridgehead atoms. The molecule has 1 aliphatic heterocycles. The van der Waals surface area contributed by atoms with Crippen LogP contribution in [0, 0.1) is 0 Å². The van der Waals surface area contributed by atoms with Crippen LogP contribution in [0.2, 0.25) is 0 Å². The van der Waals surface area contributed by atoms with Gasteiger partial charge in [0.1, 0.15) is 5.76 Å². The third-order valence-corrected chi connectivity index (χ3v) is 4.66. The first-order valence-corrected chi connectivity index (χ1v) is 8.75. The number of methoxy groups -OCH3 is 1. The predicted octanol–water partition coefficient (Wildman–Crippen LogP) is 0.962. The lowest BCUT2D eigenvalue weighted by Crippen LogP contribution is -2.34. The van der Waals surface area contributed by atoms with Crippen molar-refractivity contribution in [2.75, 3.05) is 13.7 Å². The average Bonchev–Trinajstić information content (AvgIpc) is 2.97. The maximum atomic E-state index is 12.7. The monoisotopic (exact) mass is 396 g/mol. The molecule has 8 heteroatoms. The molecule has 2 aromatic rings. The van der Waals surface area contributed by atoms with Crippen LogP contribution in [0.4, 0.5) is 0 Å². The summed E-state index contributed by atoms with van der Waals surface area (Å²) >= 11 is 0. The number of ketones is 1. The molecule has 0 saturated carbocycles. The molecule has 0 aromatic heterocycles. The van der Waals surface area contributed by atoms with E-state index in [0.717, 1.165) is 4.90 Å². The minimum absolute atomic E-state index is 0.104. The highest BCUT2D eigenvalue weighted by atomic mass is 16.5. The Morgan fingerprint density at radius 2 is 1.86 bits per heavy atom. The molecule has 0 aliphatic carbocycles. The normalized spacial score (nSPS) is 18.1. The van der Waals surface area contributed by atoms with E-state index >= 15 is 0 Å². The van der Waals surface area contributed by atoms with Gasteiger partial charge in [-0.25, -0.2) is 0 Å². The van der Waals surface area contributed by atoms with Crippen molar-refractivity contribution in [2.24, 2.45) is 0 Å². The summed E-state index contributed by atoms with van der Waals surface area (Å²) in [5, 5.41) is 31.6. The van der Waals surface area contributed by atoms with Gasteiger partial charge >= 0.3 is 0 Å². The number of carbonyl (C=O) groups excluding carboxylic acids is 3. The summed E-state index contributed by atoms with van der Waals surface area (Å²) in [6, 6.07) is 11.4. The smallest absolute Gasteiger partial charge is 0.295 e. The van der Waals surface area contributed by atoms with Crippen molar-refractivity contribution >= 4 is 23.4 Å². The molecule has 1 aliphatic rings. The van der Waals surface area contributed by atoms with Crippen LogP contribution in [0.1, 0.15) is 23.6 Å². The second kappa shape index (κ2) is 8.05. The summed E-state index contributed by atoms with van der Waals surface area (Å²) in [6.07, 6.45) is -0.482. The number of phenolic OH excluding ortho intramolecular Hbond substituents is 1. The summed E-state index contributed by atoms with van der Waals surface area (Å²) in [4.78, 5) is 37.3. The van der Waals surface area contributed by atoms with Gasteiger partial charge in [-0.15, -0.1) is 0 Å². The number of aliphatic hydroxyl groups excluding tert-OH is 1. The Labute approximate surface area is 166 Å². The number of ether oxygens (including phenoxy) is 1. The number of benzene rings is 2. The molecule has 150 valence electrons. The van der Waals surface area contributed by atoms with Gasteiger partial charge in [0.05, 0.1) is 18.7 Å². The molecular weight excluding hydrogens is 378 g/mol. The first kappa shape index (κ1) is 19.9. The summed E-state index contributed by atoms with van der Waals surface area (Å²) in [5.41, 5.74) is 0.531. The number of hydrogen-bond donors (Lipinski definition) is 2. The molecule has 3 rings (SSSR count). The number of aliphatic hydroxyl groups is 1. The van der Waals surface area contributed by atoms with Crippen LogP contribution in [0.3, 0.4) is 0 Å². The fraction of sp³-hybridized carbons (Fsp3) is 0.190. The minimum Gasteiger partial charge on any atom is -0.550 e.